The van der Waals surface area contributed by atoms with Gasteiger partial charge in [-0.2, -0.15) is 10.5 Å². The zero-order valence-electron chi connectivity index (χ0n) is 20.0. The van der Waals surface area contributed by atoms with E-state index in [1.165, 1.54) is 5.57 Å². The molecule has 166 valence electrons. The fraction of sp³-hybridized carbons (Fsp3) is 0.481. The van der Waals surface area contributed by atoms with E-state index in [-0.39, 0.29) is 0 Å². The molecule has 0 saturated heterocycles. The number of hydrogen-bond acceptors (Lipinski definition) is 3. The first-order valence-corrected chi connectivity index (χ1v) is 11.3. The van der Waals surface area contributed by atoms with Crippen LogP contribution in [0.1, 0.15) is 58.2 Å². The van der Waals surface area contributed by atoms with Crippen LogP contribution in [0.25, 0.3) is 12.2 Å². The minimum absolute atomic E-state index is 0.392. The van der Waals surface area contributed by atoms with Gasteiger partial charge in [-0.05, 0) is 51.8 Å². The molecule has 4 nitrogen and oxygen atoms in total. The second-order valence-electron chi connectivity index (χ2n) is 8.00. The van der Waals surface area contributed by atoms with E-state index >= 15 is 0 Å². The van der Waals surface area contributed by atoms with Crippen molar-refractivity contribution in [1.29, 1.82) is 10.5 Å². The third-order valence-electron chi connectivity index (χ3n) is 5.42. The standard InChI is InChI=1S/C27H38N4/c1-7-12-22(16-18-30-17-9-3)14-11-15-26-24(19-27(5,20-28)21-29)23(13-8-2)25(10-4)31(26)6/h8,10-14,30H,2,7,9,15-19H2,1,3-6H3/b14-11-,22-12+,23-13-,25-10+. The smallest absolute Gasteiger partial charge is 0.145 e. The first-order chi connectivity index (χ1) is 14.9. The first-order valence-electron chi connectivity index (χ1n) is 11.3. The number of rotatable bonds is 12. The van der Waals surface area contributed by atoms with Gasteiger partial charge in [0.15, 0.2) is 0 Å². The fourth-order valence-electron chi connectivity index (χ4n) is 3.78. The summed E-state index contributed by atoms with van der Waals surface area (Å²) in [6.07, 6.45) is 16.8. The molecule has 1 aromatic heterocycles. The molecule has 0 aliphatic heterocycles. The Labute approximate surface area is 188 Å². The van der Waals surface area contributed by atoms with Gasteiger partial charge in [-0.3, -0.25) is 0 Å². The molecule has 0 saturated carbocycles. The molecule has 0 aromatic carbocycles. The Morgan fingerprint density at radius 3 is 2.48 bits per heavy atom. The quantitative estimate of drug-likeness (QED) is 0.408. The number of allylic oxidation sites excluding steroid dienone is 4. The van der Waals surface area contributed by atoms with Crippen molar-refractivity contribution in [2.45, 2.75) is 59.8 Å². The second kappa shape index (κ2) is 13.5. The molecule has 1 heterocycles. The van der Waals surface area contributed by atoms with Crippen LogP contribution in [0.2, 0.25) is 0 Å². The molecular formula is C27H38N4. The molecule has 1 rings (SSSR count). The van der Waals surface area contributed by atoms with Gasteiger partial charge in [-0.15, -0.1) is 0 Å². The van der Waals surface area contributed by atoms with Crippen LogP contribution >= 0.6 is 0 Å². The monoisotopic (exact) mass is 418 g/mol. The summed E-state index contributed by atoms with van der Waals surface area (Å²) in [5, 5.41) is 24.8. The predicted octanol–water partition coefficient (Wildman–Crippen LogP) is 4.21. The molecule has 0 bridgehead atoms. The molecule has 0 unspecified atom stereocenters. The van der Waals surface area contributed by atoms with Crippen molar-refractivity contribution in [2.75, 3.05) is 13.1 Å². The lowest BCUT2D eigenvalue weighted by molar-refractivity contribution is 0.575. The van der Waals surface area contributed by atoms with Gasteiger partial charge in [0, 0.05) is 36.2 Å². The maximum Gasteiger partial charge on any atom is 0.145 e. The van der Waals surface area contributed by atoms with E-state index < -0.39 is 5.41 Å². The minimum Gasteiger partial charge on any atom is -0.347 e. The van der Waals surface area contributed by atoms with Gasteiger partial charge in [0.2, 0.25) is 0 Å². The average Bonchev–Trinajstić information content (AvgIpc) is 3.01. The summed E-state index contributed by atoms with van der Waals surface area (Å²) in [6.45, 7) is 13.9. The summed E-state index contributed by atoms with van der Waals surface area (Å²) < 4.78 is 2.18. The molecule has 0 aliphatic carbocycles. The number of aromatic nitrogens is 1. The number of nitrogens with one attached hydrogen (secondary N) is 1. The maximum absolute atomic E-state index is 9.58. The van der Waals surface area contributed by atoms with Crippen LogP contribution in [0, 0.1) is 28.1 Å². The van der Waals surface area contributed by atoms with Crippen molar-refractivity contribution in [2.24, 2.45) is 12.5 Å². The van der Waals surface area contributed by atoms with Gasteiger partial charge >= 0.3 is 0 Å². The second-order valence-corrected chi connectivity index (χ2v) is 8.00. The van der Waals surface area contributed by atoms with Crippen LogP contribution in [0.5, 0.6) is 0 Å². The predicted molar refractivity (Wildman–Crippen MR) is 131 cm³/mol. The zero-order valence-corrected chi connectivity index (χ0v) is 20.0. The maximum atomic E-state index is 9.58. The summed E-state index contributed by atoms with van der Waals surface area (Å²) in [5.41, 5.74) is 2.46. The topological polar surface area (TPSA) is 64.5 Å². The van der Waals surface area contributed by atoms with E-state index in [1.54, 1.807) is 13.0 Å². The van der Waals surface area contributed by atoms with Gasteiger partial charge in [-0.1, -0.05) is 62.5 Å². The minimum atomic E-state index is -1.06. The van der Waals surface area contributed by atoms with Gasteiger partial charge in [0.1, 0.15) is 5.41 Å². The van der Waals surface area contributed by atoms with Gasteiger partial charge in [0.25, 0.3) is 0 Å². The third kappa shape index (κ3) is 7.42. The molecule has 1 aromatic rings. The van der Waals surface area contributed by atoms with Crippen molar-refractivity contribution in [3.05, 3.63) is 58.3 Å². The van der Waals surface area contributed by atoms with Crippen LogP contribution in [0.3, 0.4) is 0 Å². The Balaban J connectivity index is 3.33. The molecule has 31 heavy (non-hydrogen) atoms. The molecule has 0 fully saturated rings. The van der Waals surface area contributed by atoms with Crippen molar-refractivity contribution in [3.63, 3.8) is 0 Å². The van der Waals surface area contributed by atoms with E-state index in [4.69, 9.17) is 0 Å². The van der Waals surface area contributed by atoms with Crippen LogP contribution in [0.4, 0.5) is 0 Å². The van der Waals surface area contributed by atoms with E-state index in [0.29, 0.717) is 6.42 Å². The Bertz CT molecular complexity index is 976. The van der Waals surface area contributed by atoms with Crippen molar-refractivity contribution in [1.82, 2.24) is 9.88 Å². The van der Waals surface area contributed by atoms with Gasteiger partial charge < -0.3 is 9.88 Å². The summed E-state index contributed by atoms with van der Waals surface area (Å²) in [5.74, 6) is 0. The largest absolute Gasteiger partial charge is 0.347 e. The summed E-state index contributed by atoms with van der Waals surface area (Å²) in [7, 11) is 2.05. The van der Waals surface area contributed by atoms with E-state index in [1.807, 2.05) is 13.0 Å². The third-order valence-corrected chi connectivity index (χ3v) is 5.42. The number of nitrogens with zero attached hydrogens (tertiary/aromatic N) is 3. The lowest BCUT2D eigenvalue weighted by Gasteiger charge is -2.13. The Morgan fingerprint density at radius 2 is 1.94 bits per heavy atom. The lowest BCUT2D eigenvalue weighted by Crippen LogP contribution is -2.30. The highest BCUT2D eigenvalue weighted by atomic mass is 14.9. The summed E-state index contributed by atoms with van der Waals surface area (Å²) in [6, 6.07) is 4.38. The van der Waals surface area contributed by atoms with Crippen LogP contribution < -0.4 is 15.9 Å². The zero-order chi connectivity index (χ0) is 23.3. The van der Waals surface area contributed by atoms with Crippen LogP contribution in [-0.2, 0) is 19.9 Å². The normalized spacial score (nSPS) is 13.6. The Morgan fingerprint density at radius 1 is 1.23 bits per heavy atom. The SMILES string of the molecule is C=C/C=c1/c(CC(C)(C#N)C#N)c(C/C=C\C(=C/CC)CCNCCC)n(C)/c1=C/C. The fourth-order valence-corrected chi connectivity index (χ4v) is 3.78. The molecule has 0 atom stereocenters. The number of hydrogen-bond donors (Lipinski definition) is 1. The van der Waals surface area contributed by atoms with Crippen LogP contribution in [-0.4, -0.2) is 17.7 Å². The lowest BCUT2D eigenvalue weighted by atomic mass is 9.85. The highest BCUT2D eigenvalue weighted by Gasteiger charge is 2.27. The average molecular weight is 419 g/mol. The molecule has 0 radical (unpaired) electrons. The van der Waals surface area contributed by atoms with E-state index in [2.05, 4.69) is 73.8 Å². The molecule has 1 N–H and O–H groups in total. The molecule has 0 aliphatic rings. The Kier molecular flexibility index (Phi) is 11.4. The van der Waals surface area contributed by atoms with Crippen molar-refractivity contribution in [3.8, 4) is 12.1 Å². The van der Waals surface area contributed by atoms with Crippen molar-refractivity contribution < 1.29 is 0 Å². The highest BCUT2D eigenvalue weighted by Crippen LogP contribution is 2.21. The van der Waals surface area contributed by atoms with E-state index in [9.17, 15) is 10.5 Å². The number of nitriles is 2. The van der Waals surface area contributed by atoms with Gasteiger partial charge in [0.05, 0.1) is 12.1 Å². The molecule has 0 amide bonds. The van der Waals surface area contributed by atoms with Gasteiger partial charge in [-0.25, -0.2) is 0 Å². The Hall–Kier alpha value is -2.82. The highest BCUT2D eigenvalue weighted by molar-refractivity contribution is 5.45. The molecule has 4 heteroatoms. The molecular weight excluding hydrogens is 380 g/mol. The van der Waals surface area contributed by atoms with E-state index in [0.717, 1.165) is 60.6 Å². The molecule has 0 spiro atoms. The van der Waals surface area contributed by atoms with Crippen molar-refractivity contribution >= 4 is 12.2 Å². The summed E-state index contributed by atoms with van der Waals surface area (Å²) >= 11 is 0. The van der Waals surface area contributed by atoms with Crippen LogP contribution in [0.15, 0.2) is 36.5 Å². The summed E-state index contributed by atoms with van der Waals surface area (Å²) in [4.78, 5) is 0. The first kappa shape index (κ1) is 26.2.